The van der Waals surface area contributed by atoms with Gasteiger partial charge in [0.15, 0.2) is 11.6 Å². The fourth-order valence-corrected chi connectivity index (χ4v) is 1.29. The molecule has 1 aromatic carbocycles. The average Bonchev–Trinajstić information content (AvgIpc) is 2.25. The van der Waals surface area contributed by atoms with E-state index in [2.05, 4.69) is 0 Å². The van der Waals surface area contributed by atoms with Gasteiger partial charge < -0.3 is 15.6 Å². The molecule has 0 bridgehead atoms. The number of carbonyl (C=O) groups excluding carboxylic acids is 1. The monoisotopic (exact) mass is 227 g/mol. The molecular formula is C11H14FNO3. The van der Waals surface area contributed by atoms with Crippen molar-refractivity contribution < 1.29 is 19.0 Å². The average molecular weight is 227 g/mol. The van der Waals surface area contributed by atoms with Crippen LogP contribution in [0.4, 0.5) is 4.39 Å². The number of halogens is 1. The maximum atomic E-state index is 13.0. The molecule has 5 heteroatoms. The Bertz CT molecular complexity index is 381. The molecule has 1 rings (SSSR count). The Kier molecular flexibility index (Phi) is 4.25. The van der Waals surface area contributed by atoms with Crippen LogP contribution in [0.2, 0.25) is 0 Å². The van der Waals surface area contributed by atoms with Crippen molar-refractivity contribution in [2.45, 2.75) is 19.4 Å². The first-order valence-electron chi connectivity index (χ1n) is 4.94. The Labute approximate surface area is 92.8 Å². The van der Waals surface area contributed by atoms with E-state index >= 15 is 0 Å². The molecule has 0 fully saturated rings. The third-order valence-corrected chi connectivity index (χ3v) is 2.10. The predicted molar refractivity (Wildman–Crippen MR) is 56.4 cm³/mol. The van der Waals surface area contributed by atoms with Crippen LogP contribution in [-0.4, -0.2) is 23.7 Å². The van der Waals surface area contributed by atoms with Crippen LogP contribution in [0.3, 0.4) is 0 Å². The van der Waals surface area contributed by atoms with Gasteiger partial charge in [-0.05, 0) is 18.6 Å². The minimum absolute atomic E-state index is 0.0441. The van der Waals surface area contributed by atoms with Crippen molar-refractivity contribution >= 4 is 5.97 Å². The molecule has 0 spiro atoms. The summed E-state index contributed by atoms with van der Waals surface area (Å²) in [6.07, 6.45) is 0.0441. The van der Waals surface area contributed by atoms with Crippen molar-refractivity contribution in [3.63, 3.8) is 0 Å². The fourth-order valence-electron chi connectivity index (χ4n) is 1.29. The van der Waals surface area contributed by atoms with Crippen molar-refractivity contribution in [1.82, 2.24) is 0 Å². The lowest BCUT2D eigenvalue weighted by atomic mass is 10.1. The van der Waals surface area contributed by atoms with Gasteiger partial charge in [0.1, 0.15) is 6.04 Å². The highest BCUT2D eigenvalue weighted by Gasteiger charge is 2.17. The van der Waals surface area contributed by atoms with E-state index in [4.69, 9.17) is 10.5 Å². The number of hydrogen-bond acceptors (Lipinski definition) is 4. The summed E-state index contributed by atoms with van der Waals surface area (Å²) in [7, 11) is 0. The quantitative estimate of drug-likeness (QED) is 0.751. The molecule has 0 radical (unpaired) electrons. The molecule has 0 aromatic heterocycles. The molecule has 0 amide bonds. The van der Waals surface area contributed by atoms with Crippen molar-refractivity contribution in [3.8, 4) is 5.75 Å². The van der Waals surface area contributed by atoms with Crippen LogP contribution in [-0.2, 0) is 16.0 Å². The van der Waals surface area contributed by atoms with Crippen LogP contribution >= 0.6 is 0 Å². The van der Waals surface area contributed by atoms with Gasteiger partial charge in [-0.3, -0.25) is 4.79 Å². The number of rotatable bonds is 4. The summed E-state index contributed by atoms with van der Waals surface area (Å²) in [6.45, 7) is 1.91. The van der Waals surface area contributed by atoms with E-state index in [0.717, 1.165) is 6.07 Å². The molecule has 0 aliphatic heterocycles. The molecule has 0 saturated heterocycles. The standard InChI is InChI=1S/C11H14FNO3/c1-2-16-11(15)9(13)6-7-4-3-5-8(12)10(7)14/h3-5,9,14H,2,6,13H2,1H3. The number of para-hydroxylation sites is 1. The van der Waals surface area contributed by atoms with Crippen LogP contribution in [0.5, 0.6) is 5.75 Å². The third-order valence-electron chi connectivity index (χ3n) is 2.10. The molecule has 1 unspecified atom stereocenters. The second kappa shape index (κ2) is 5.46. The van der Waals surface area contributed by atoms with Gasteiger partial charge in [0.25, 0.3) is 0 Å². The summed E-state index contributed by atoms with van der Waals surface area (Å²) in [6, 6.07) is 3.20. The Morgan fingerprint density at radius 2 is 2.31 bits per heavy atom. The van der Waals surface area contributed by atoms with Crippen molar-refractivity contribution in [2.75, 3.05) is 6.61 Å². The van der Waals surface area contributed by atoms with Gasteiger partial charge in [-0.15, -0.1) is 0 Å². The smallest absolute Gasteiger partial charge is 0.323 e. The van der Waals surface area contributed by atoms with E-state index in [9.17, 15) is 14.3 Å². The van der Waals surface area contributed by atoms with E-state index in [1.807, 2.05) is 0 Å². The summed E-state index contributed by atoms with van der Waals surface area (Å²) in [5.74, 6) is -1.76. The minimum Gasteiger partial charge on any atom is -0.505 e. The lowest BCUT2D eigenvalue weighted by Crippen LogP contribution is -2.34. The molecule has 16 heavy (non-hydrogen) atoms. The van der Waals surface area contributed by atoms with Gasteiger partial charge >= 0.3 is 5.97 Å². The summed E-state index contributed by atoms with van der Waals surface area (Å²) in [5, 5.41) is 9.38. The largest absolute Gasteiger partial charge is 0.505 e. The summed E-state index contributed by atoms with van der Waals surface area (Å²) in [4.78, 5) is 11.2. The van der Waals surface area contributed by atoms with Crippen LogP contribution < -0.4 is 5.73 Å². The van der Waals surface area contributed by atoms with Crippen molar-refractivity contribution in [3.05, 3.63) is 29.6 Å². The summed E-state index contributed by atoms with van der Waals surface area (Å²) in [5.41, 5.74) is 5.84. The highest BCUT2D eigenvalue weighted by Crippen LogP contribution is 2.21. The molecular weight excluding hydrogens is 213 g/mol. The van der Waals surface area contributed by atoms with Crippen LogP contribution in [0.25, 0.3) is 0 Å². The van der Waals surface area contributed by atoms with E-state index < -0.39 is 23.6 Å². The van der Waals surface area contributed by atoms with Gasteiger partial charge in [-0.25, -0.2) is 4.39 Å². The zero-order chi connectivity index (χ0) is 12.1. The number of phenols is 1. The molecule has 1 aromatic rings. The number of nitrogens with two attached hydrogens (primary N) is 1. The lowest BCUT2D eigenvalue weighted by molar-refractivity contribution is -0.144. The molecule has 0 aliphatic carbocycles. The highest BCUT2D eigenvalue weighted by atomic mass is 19.1. The normalized spacial score (nSPS) is 12.2. The number of phenolic OH excluding ortho intramolecular Hbond substituents is 1. The number of carbonyl (C=O) groups is 1. The van der Waals surface area contributed by atoms with E-state index in [0.29, 0.717) is 5.56 Å². The van der Waals surface area contributed by atoms with Crippen LogP contribution in [0, 0.1) is 5.82 Å². The second-order valence-electron chi connectivity index (χ2n) is 3.31. The van der Waals surface area contributed by atoms with Crippen molar-refractivity contribution in [1.29, 1.82) is 0 Å². The predicted octanol–water partition coefficient (Wildman–Crippen LogP) is 0.964. The lowest BCUT2D eigenvalue weighted by Gasteiger charge is -2.11. The molecule has 1 atom stereocenters. The number of esters is 1. The van der Waals surface area contributed by atoms with E-state index in [-0.39, 0.29) is 13.0 Å². The number of ether oxygens (including phenoxy) is 1. The Hall–Kier alpha value is -1.62. The topological polar surface area (TPSA) is 72.5 Å². The Morgan fingerprint density at radius 3 is 2.94 bits per heavy atom. The molecule has 0 saturated carbocycles. The van der Waals surface area contributed by atoms with Crippen molar-refractivity contribution in [2.24, 2.45) is 5.73 Å². The number of hydrogen-bond donors (Lipinski definition) is 2. The van der Waals surface area contributed by atoms with E-state index in [1.165, 1.54) is 12.1 Å². The number of benzene rings is 1. The third kappa shape index (κ3) is 2.93. The van der Waals surface area contributed by atoms with Gasteiger partial charge in [-0.2, -0.15) is 0 Å². The van der Waals surface area contributed by atoms with Gasteiger partial charge in [0.2, 0.25) is 0 Å². The molecule has 0 heterocycles. The first kappa shape index (κ1) is 12.4. The maximum Gasteiger partial charge on any atom is 0.323 e. The summed E-state index contributed by atoms with van der Waals surface area (Å²) < 4.78 is 17.7. The first-order chi connectivity index (χ1) is 7.56. The molecule has 3 N–H and O–H groups in total. The van der Waals surface area contributed by atoms with Gasteiger partial charge in [0, 0.05) is 6.42 Å². The Balaban J connectivity index is 2.73. The van der Waals surface area contributed by atoms with Crippen LogP contribution in [0.15, 0.2) is 18.2 Å². The fraction of sp³-hybridized carbons (Fsp3) is 0.364. The number of aromatic hydroxyl groups is 1. The zero-order valence-corrected chi connectivity index (χ0v) is 8.94. The molecule has 88 valence electrons. The van der Waals surface area contributed by atoms with Gasteiger partial charge in [-0.1, -0.05) is 12.1 Å². The second-order valence-corrected chi connectivity index (χ2v) is 3.31. The minimum atomic E-state index is -0.896. The Morgan fingerprint density at radius 1 is 1.62 bits per heavy atom. The summed E-state index contributed by atoms with van der Waals surface area (Å²) >= 11 is 0. The molecule has 0 aliphatic rings. The molecule has 4 nitrogen and oxygen atoms in total. The zero-order valence-electron chi connectivity index (χ0n) is 8.94. The first-order valence-corrected chi connectivity index (χ1v) is 4.94. The van der Waals surface area contributed by atoms with E-state index in [1.54, 1.807) is 6.92 Å². The van der Waals surface area contributed by atoms with Crippen LogP contribution in [0.1, 0.15) is 12.5 Å². The SMILES string of the molecule is CCOC(=O)C(N)Cc1cccc(F)c1O. The highest BCUT2D eigenvalue weighted by molar-refractivity contribution is 5.76. The maximum absolute atomic E-state index is 13.0. The van der Waals surface area contributed by atoms with Gasteiger partial charge in [0.05, 0.1) is 6.61 Å².